The van der Waals surface area contributed by atoms with Gasteiger partial charge in [-0.05, 0) is 58.2 Å². The minimum atomic E-state index is 0.676. The van der Waals surface area contributed by atoms with E-state index in [1.807, 2.05) is 54.2 Å². The van der Waals surface area contributed by atoms with Crippen LogP contribution in [0.5, 0.6) is 11.5 Å². The molecule has 3 aromatic carbocycles. The molecule has 140 valence electrons. The van der Waals surface area contributed by atoms with Crippen molar-refractivity contribution in [2.45, 2.75) is 4.90 Å². The summed E-state index contributed by atoms with van der Waals surface area (Å²) in [4.78, 5) is 12.3. The minimum Gasteiger partial charge on any atom is -0.497 e. The van der Waals surface area contributed by atoms with Crippen molar-refractivity contribution in [1.82, 2.24) is 0 Å². The fourth-order valence-corrected chi connectivity index (χ4v) is 4.55. The number of carbonyl (C=O) groups excluding carboxylic acids is 1. The summed E-state index contributed by atoms with van der Waals surface area (Å²) < 4.78 is 10.7. The first-order valence-electron chi connectivity index (χ1n) is 8.98. The van der Waals surface area contributed by atoms with Gasteiger partial charge in [0.05, 0.1) is 14.2 Å². The molecule has 0 fully saturated rings. The van der Waals surface area contributed by atoms with Crippen LogP contribution in [0.4, 0.5) is 0 Å². The van der Waals surface area contributed by atoms with Crippen molar-refractivity contribution in [3.8, 4) is 11.5 Å². The van der Waals surface area contributed by atoms with Crippen LogP contribution in [0.2, 0.25) is 0 Å². The van der Waals surface area contributed by atoms with E-state index in [0.29, 0.717) is 5.56 Å². The molecule has 4 rings (SSSR count). The van der Waals surface area contributed by atoms with Crippen LogP contribution in [0, 0.1) is 0 Å². The molecule has 28 heavy (non-hydrogen) atoms. The van der Waals surface area contributed by atoms with Crippen LogP contribution in [0.1, 0.15) is 27.0 Å². The van der Waals surface area contributed by atoms with Gasteiger partial charge in [0, 0.05) is 16.2 Å². The van der Waals surface area contributed by atoms with Gasteiger partial charge in [0.15, 0.2) is 0 Å². The average molecular weight is 388 g/mol. The van der Waals surface area contributed by atoms with Crippen molar-refractivity contribution in [3.05, 3.63) is 89.0 Å². The highest BCUT2D eigenvalue weighted by Crippen LogP contribution is 2.45. The fraction of sp³-hybridized carbons (Fsp3) is 0.125. The zero-order valence-corrected chi connectivity index (χ0v) is 16.6. The van der Waals surface area contributed by atoms with Gasteiger partial charge >= 0.3 is 0 Å². The number of hydrogen-bond acceptors (Lipinski definition) is 4. The third-order valence-corrected chi connectivity index (χ3v) is 5.99. The van der Waals surface area contributed by atoms with Crippen LogP contribution >= 0.6 is 11.8 Å². The van der Waals surface area contributed by atoms with Crippen LogP contribution in [0.25, 0.3) is 11.1 Å². The van der Waals surface area contributed by atoms with Crippen LogP contribution in [-0.4, -0.2) is 26.3 Å². The predicted octanol–water partition coefficient (Wildman–Crippen LogP) is 5.58. The Morgan fingerprint density at radius 3 is 2.11 bits per heavy atom. The maximum absolute atomic E-state index is 11.1. The summed E-state index contributed by atoms with van der Waals surface area (Å²) in [5.41, 5.74) is 6.59. The summed E-state index contributed by atoms with van der Waals surface area (Å²) in [5, 5.41) is 0. The molecule has 0 bridgehead atoms. The number of thioether (sulfide) groups is 1. The zero-order valence-electron chi connectivity index (χ0n) is 15.8. The second-order valence-electron chi connectivity index (χ2n) is 6.47. The highest BCUT2D eigenvalue weighted by atomic mass is 32.2. The van der Waals surface area contributed by atoms with Crippen molar-refractivity contribution >= 4 is 29.2 Å². The number of rotatable bonds is 5. The number of benzene rings is 3. The van der Waals surface area contributed by atoms with Gasteiger partial charge in [-0.3, -0.25) is 4.79 Å². The largest absolute Gasteiger partial charge is 0.497 e. The molecule has 1 heterocycles. The van der Waals surface area contributed by atoms with Crippen LogP contribution in [0.15, 0.2) is 71.6 Å². The molecule has 3 nitrogen and oxygen atoms in total. The maximum Gasteiger partial charge on any atom is 0.150 e. The molecule has 1 aliphatic rings. The molecular formula is C24H20O3S. The standard InChI is InChI=1S/C24H20O3S/c1-26-19-9-7-17(8-10-19)22-15-28-23-13-20(27-2)11-12-21(23)24(22)18-5-3-16(14-25)4-6-18/h3-14H,15H2,1-2H3. The van der Waals surface area contributed by atoms with Crippen molar-refractivity contribution in [2.24, 2.45) is 0 Å². The van der Waals surface area contributed by atoms with Gasteiger partial charge in [-0.2, -0.15) is 0 Å². The summed E-state index contributed by atoms with van der Waals surface area (Å²) in [6, 6.07) is 22.2. The number of ether oxygens (including phenoxy) is 2. The second kappa shape index (κ2) is 7.95. The van der Waals surface area contributed by atoms with Gasteiger partial charge in [0.2, 0.25) is 0 Å². The fourth-order valence-electron chi connectivity index (χ4n) is 3.42. The van der Waals surface area contributed by atoms with Crippen molar-refractivity contribution in [1.29, 1.82) is 0 Å². The lowest BCUT2D eigenvalue weighted by Crippen LogP contribution is -2.04. The highest BCUT2D eigenvalue weighted by molar-refractivity contribution is 7.99. The molecule has 0 N–H and O–H groups in total. The molecule has 0 radical (unpaired) electrons. The SMILES string of the molecule is COc1ccc(C2=C(c3ccc(C=O)cc3)c3ccc(OC)cc3SC2)cc1. The molecule has 0 saturated heterocycles. The van der Waals surface area contributed by atoms with E-state index in [0.717, 1.165) is 29.1 Å². The van der Waals surface area contributed by atoms with Crippen molar-refractivity contribution < 1.29 is 14.3 Å². The summed E-state index contributed by atoms with van der Waals surface area (Å²) in [6.45, 7) is 0. The molecule has 1 aliphatic heterocycles. The zero-order chi connectivity index (χ0) is 19.5. The van der Waals surface area contributed by atoms with Gasteiger partial charge < -0.3 is 9.47 Å². The molecule has 0 spiro atoms. The number of aldehydes is 1. The quantitative estimate of drug-likeness (QED) is 0.535. The van der Waals surface area contributed by atoms with E-state index in [1.54, 1.807) is 14.2 Å². The monoisotopic (exact) mass is 388 g/mol. The molecule has 0 aromatic heterocycles. The Kier molecular flexibility index (Phi) is 5.22. The molecule has 0 aliphatic carbocycles. The van der Waals surface area contributed by atoms with Crippen LogP contribution in [-0.2, 0) is 0 Å². The maximum atomic E-state index is 11.1. The second-order valence-corrected chi connectivity index (χ2v) is 7.49. The van der Waals surface area contributed by atoms with E-state index in [-0.39, 0.29) is 0 Å². The van der Waals surface area contributed by atoms with E-state index >= 15 is 0 Å². The Bertz CT molecular complexity index is 1030. The van der Waals surface area contributed by atoms with E-state index in [2.05, 4.69) is 24.3 Å². The lowest BCUT2D eigenvalue weighted by Gasteiger charge is -2.24. The molecule has 0 atom stereocenters. The molecule has 0 amide bonds. The minimum absolute atomic E-state index is 0.676. The van der Waals surface area contributed by atoms with Gasteiger partial charge in [0.1, 0.15) is 17.8 Å². The van der Waals surface area contributed by atoms with Crippen molar-refractivity contribution in [2.75, 3.05) is 20.0 Å². The summed E-state index contributed by atoms with van der Waals surface area (Å²) in [5.74, 6) is 2.56. The topological polar surface area (TPSA) is 35.5 Å². The molecule has 0 unspecified atom stereocenters. The Morgan fingerprint density at radius 2 is 1.46 bits per heavy atom. The van der Waals surface area contributed by atoms with E-state index in [9.17, 15) is 4.79 Å². The van der Waals surface area contributed by atoms with Gasteiger partial charge in [0.25, 0.3) is 0 Å². The van der Waals surface area contributed by atoms with Crippen LogP contribution in [0.3, 0.4) is 0 Å². The number of fused-ring (bicyclic) bond motifs is 1. The molecule has 3 aromatic rings. The Balaban J connectivity index is 1.91. The highest BCUT2D eigenvalue weighted by Gasteiger charge is 2.22. The Hall–Kier alpha value is -2.98. The average Bonchev–Trinajstić information content (AvgIpc) is 2.78. The van der Waals surface area contributed by atoms with Crippen molar-refractivity contribution in [3.63, 3.8) is 0 Å². The van der Waals surface area contributed by atoms with E-state index in [4.69, 9.17) is 9.47 Å². The van der Waals surface area contributed by atoms with E-state index < -0.39 is 0 Å². The molecule has 4 heteroatoms. The number of methoxy groups -OCH3 is 2. The van der Waals surface area contributed by atoms with Gasteiger partial charge in [-0.1, -0.05) is 36.4 Å². The number of carbonyl (C=O) groups is 1. The third kappa shape index (κ3) is 3.43. The smallest absolute Gasteiger partial charge is 0.150 e. The first kappa shape index (κ1) is 18.4. The molecular weight excluding hydrogens is 368 g/mol. The van der Waals surface area contributed by atoms with Crippen LogP contribution < -0.4 is 9.47 Å². The summed E-state index contributed by atoms with van der Waals surface area (Å²) in [7, 11) is 3.36. The Morgan fingerprint density at radius 1 is 0.821 bits per heavy atom. The van der Waals surface area contributed by atoms with Gasteiger partial charge in [-0.15, -0.1) is 11.8 Å². The van der Waals surface area contributed by atoms with Gasteiger partial charge in [-0.25, -0.2) is 0 Å². The summed E-state index contributed by atoms with van der Waals surface area (Å²) in [6.07, 6.45) is 0.873. The normalized spacial score (nSPS) is 13.1. The van der Waals surface area contributed by atoms with E-state index in [1.165, 1.54) is 27.2 Å². The first-order chi connectivity index (χ1) is 13.7. The summed E-state index contributed by atoms with van der Waals surface area (Å²) >= 11 is 1.81. The number of hydrogen-bond donors (Lipinski definition) is 0. The predicted molar refractivity (Wildman–Crippen MR) is 114 cm³/mol. The Labute approximate surface area is 169 Å². The lowest BCUT2D eigenvalue weighted by molar-refractivity contribution is 0.112. The lowest BCUT2D eigenvalue weighted by atomic mass is 9.89. The third-order valence-electron chi connectivity index (χ3n) is 4.91. The molecule has 0 saturated carbocycles. The first-order valence-corrected chi connectivity index (χ1v) is 9.96.